The minimum Gasteiger partial charge on any atom is -0.361 e. The molecule has 8 heteroatoms. The quantitative estimate of drug-likeness (QED) is 0.895. The van der Waals surface area contributed by atoms with Crippen molar-refractivity contribution in [1.82, 2.24) is 15.4 Å². The van der Waals surface area contributed by atoms with Crippen molar-refractivity contribution in [2.45, 2.75) is 39.8 Å². The number of rotatable bonds is 4. The number of hydrogen-bond donors (Lipinski definition) is 1. The molecule has 1 aliphatic heterocycles. The normalized spacial score (nSPS) is 20.4. The van der Waals surface area contributed by atoms with Gasteiger partial charge in [0.1, 0.15) is 5.76 Å². The summed E-state index contributed by atoms with van der Waals surface area (Å²) < 4.78 is 28.1. The summed E-state index contributed by atoms with van der Waals surface area (Å²) in [6, 6.07) is -0.482. The van der Waals surface area contributed by atoms with Crippen LogP contribution >= 0.6 is 0 Å². The zero-order valence-electron chi connectivity index (χ0n) is 12.5. The zero-order valence-corrected chi connectivity index (χ0v) is 13.4. The van der Waals surface area contributed by atoms with Gasteiger partial charge in [-0.2, -0.15) is 0 Å². The van der Waals surface area contributed by atoms with E-state index < -0.39 is 9.84 Å². The Bertz CT molecular complexity index is 604. The van der Waals surface area contributed by atoms with Crippen molar-refractivity contribution in [3.05, 3.63) is 17.0 Å². The molecule has 1 aliphatic rings. The number of carbonyl (C=O) groups excluding carboxylic acids is 1. The maximum Gasteiger partial charge on any atom is 0.317 e. The van der Waals surface area contributed by atoms with E-state index in [1.807, 2.05) is 13.8 Å². The van der Waals surface area contributed by atoms with Crippen LogP contribution in [0.1, 0.15) is 30.4 Å². The molecule has 2 heterocycles. The van der Waals surface area contributed by atoms with Crippen molar-refractivity contribution in [1.29, 1.82) is 0 Å². The van der Waals surface area contributed by atoms with Gasteiger partial charge in [0.15, 0.2) is 9.84 Å². The van der Waals surface area contributed by atoms with E-state index in [9.17, 15) is 13.2 Å². The summed E-state index contributed by atoms with van der Waals surface area (Å²) in [6.07, 6.45) is 0.509. The van der Waals surface area contributed by atoms with Gasteiger partial charge < -0.3 is 14.7 Å². The Balaban J connectivity index is 1.98. The van der Waals surface area contributed by atoms with Gasteiger partial charge in [0, 0.05) is 24.7 Å². The van der Waals surface area contributed by atoms with Gasteiger partial charge in [-0.25, -0.2) is 13.2 Å². The number of aromatic nitrogens is 1. The first-order valence-electron chi connectivity index (χ1n) is 7.00. The molecule has 1 saturated heterocycles. The van der Waals surface area contributed by atoms with Crippen molar-refractivity contribution in [3.63, 3.8) is 0 Å². The van der Waals surface area contributed by atoms with Crippen LogP contribution in [-0.4, -0.2) is 48.6 Å². The third kappa shape index (κ3) is 3.55. The van der Waals surface area contributed by atoms with Crippen LogP contribution in [0.3, 0.4) is 0 Å². The van der Waals surface area contributed by atoms with Crippen molar-refractivity contribution < 1.29 is 17.7 Å². The van der Waals surface area contributed by atoms with Gasteiger partial charge in [0.2, 0.25) is 0 Å². The summed E-state index contributed by atoms with van der Waals surface area (Å²) in [5.74, 6) is 0.893. The number of hydrogen-bond acceptors (Lipinski definition) is 5. The molecule has 0 bridgehead atoms. The van der Waals surface area contributed by atoms with E-state index in [1.54, 1.807) is 11.8 Å². The smallest absolute Gasteiger partial charge is 0.317 e. The summed E-state index contributed by atoms with van der Waals surface area (Å²) in [4.78, 5) is 13.8. The first-order chi connectivity index (χ1) is 9.84. The fourth-order valence-corrected chi connectivity index (χ4v) is 4.34. The Morgan fingerprint density at radius 2 is 2.19 bits per heavy atom. The molecule has 0 saturated carbocycles. The lowest BCUT2D eigenvalue weighted by atomic mass is 10.2. The standard InChI is InChI=1S/C13H21N3O4S/c1-4-16(11-5-6-21(18,19)8-11)13(17)14-7-12-9(2)15-20-10(12)3/h11H,4-8H2,1-3H3,(H,14,17)/t11-/m0/s1. The Morgan fingerprint density at radius 3 is 2.67 bits per heavy atom. The fourth-order valence-electron chi connectivity index (χ4n) is 2.61. The first kappa shape index (κ1) is 15.8. The van der Waals surface area contributed by atoms with Crippen LogP contribution in [0.5, 0.6) is 0 Å². The van der Waals surface area contributed by atoms with Crippen LogP contribution in [-0.2, 0) is 16.4 Å². The largest absolute Gasteiger partial charge is 0.361 e. The van der Waals surface area contributed by atoms with Gasteiger partial charge in [0.05, 0.1) is 17.2 Å². The minimum absolute atomic E-state index is 0.0551. The molecule has 0 radical (unpaired) electrons. The second kappa shape index (κ2) is 6.05. The highest BCUT2D eigenvalue weighted by molar-refractivity contribution is 7.91. The van der Waals surface area contributed by atoms with Crippen LogP contribution in [0.15, 0.2) is 4.52 Å². The highest BCUT2D eigenvalue weighted by atomic mass is 32.2. The molecule has 0 unspecified atom stereocenters. The average molecular weight is 315 g/mol. The molecule has 2 amide bonds. The third-order valence-electron chi connectivity index (χ3n) is 3.85. The highest BCUT2D eigenvalue weighted by Gasteiger charge is 2.33. The molecule has 21 heavy (non-hydrogen) atoms. The Labute approximate surface area is 124 Å². The van der Waals surface area contributed by atoms with Crippen LogP contribution in [0.25, 0.3) is 0 Å². The fraction of sp³-hybridized carbons (Fsp3) is 0.692. The van der Waals surface area contributed by atoms with Crippen LogP contribution < -0.4 is 5.32 Å². The van der Waals surface area contributed by atoms with E-state index in [0.29, 0.717) is 25.3 Å². The monoisotopic (exact) mass is 315 g/mol. The second-order valence-electron chi connectivity index (χ2n) is 5.30. The van der Waals surface area contributed by atoms with Crippen molar-refractivity contribution in [3.8, 4) is 0 Å². The summed E-state index contributed by atoms with van der Waals surface area (Å²) >= 11 is 0. The third-order valence-corrected chi connectivity index (χ3v) is 5.60. The average Bonchev–Trinajstić information content (AvgIpc) is 2.92. The van der Waals surface area contributed by atoms with Gasteiger partial charge in [-0.05, 0) is 27.2 Å². The Kier molecular flexibility index (Phi) is 4.55. The number of carbonyl (C=O) groups is 1. The van der Waals surface area contributed by atoms with Crippen LogP contribution in [0.4, 0.5) is 4.79 Å². The molecule has 0 aromatic carbocycles. The van der Waals surface area contributed by atoms with Gasteiger partial charge in [-0.15, -0.1) is 0 Å². The molecule has 1 fully saturated rings. The maximum atomic E-state index is 12.3. The topological polar surface area (TPSA) is 92.5 Å². The SMILES string of the molecule is CCN(C(=O)NCc1c(C)noc1C)[C@H]1CCS(=O)(=O)C1. The number of nitrogens with one attached hydrogen (secondary N) is 1. The van der Waals surface area contributed by atoms with E-state index in [4.69, 9.17) is 4.52 Å². The predicted molar refractivity (Wildman–Crippen MR) is 77.7 cm³/mol. The number of nitrogens with zero attached hydrogens (tertiary/aromatic N) is 2. The van der Waals surface area contributed by atoms with E-state index in [2.05, 4.69) is 10.5 Å². The molecule has 1 N–H and O–H groups in total. The lowest BCUT2D eigenvalue weighted by Gasteiger charge is -2.27. The lowest BCUT2D eigenvalue weighted by Crippen LogP contribution is -2.46. The van der Waals surface area contributed by atoms with Gasteiger partial charge in [-0.3, -0.25) is 0 Å². The molecule has 118 valence electrons. The van der Waals surface area contributed by atoms with E-state index in [1.165, 1.54) is 0 Å². The summed E-state index contributed by atoms with van der Waals surface area (Å²) in [6.45, 7) is 6.27. The molecular formula is C13H21N3O4S. The van der Waals surface area contributed by atoms with Gasteiger partial charge in [0.25, 0.3) is 0 Å². The van der Waals surface area contributed by atoms with Crippen molar-refractivity contribution >= 4 is 15.9 Å². The van der Waals surface area contributed by atoms with Crippen molar-refractivity contribution in [2.24, 2.45) is 0 Å². The highest BCUT2D eigenvalue weighted by Crippen LogP contribution is 2.18. The molecular weight excluding hydrogens is 294 g/mol. The number of sulfone groups is 1. The molecule has 1 aromatic rings. The van der Waals surface area contributed by atoms with Gasteiger partial charge in [-0.1, -0.05) is 5.16 Å². The Hall–Kier alpha value is -1.57. The zero-order chi connectivity index (χ0) is 15.6. The summed E-state index contributed by atoms with van der Waals surface area (Å²) in [5.41, 5.74) is 1.61. The molecule has 1 aromatic heterocycles. The van der Waals surface area contributed by atoms with Crippen molar-refractivity contribution in [2.75, 3.05) is 18.1 Å². The minimum atomic E-state index is -3.00. The molecule has 0 spiro atoms. The van der Waals surface area contributed by atoms with E-state index >= 15 is 0 Å². The summed E-state index contributed by atoms with van der Waals surface area (Å²) in [5, 5.41) is 6.65. The van der Waals surface area contributed by atoms with Gasteiger partial charge >= 0.3 is 6.03 Å². The number of amides is 2. The van der Waals surface area contributed by atoms with Crippen LogP contribution in [0, 0.1) is 13.8 Å². The number of aryl methyl sites for hydroxylation is 2. The molecule has 7 nitrogen and oxygen atoms in total. The number of urea groups is 1. The Morgan fingerprint density at radius 1 is 1.48 bits per heavy atom. The summed E-state index contributed by atoms with van der Waals surface area (Å²) in [7, 11) is -3.00. The van der Waals surface area contributed by atoms with E-state index in [-0.39, 0.29) is 23.6 Å². The molecule has 2 rings (SSSR count). The second-order valence-corrected chi connectivity index (χ2v) is 7.53. The molecule has 1 atom stereocenters. The molecule has 0 aliphatic carbocycles. The lowest BCUT2D eigenvalue weighted by molar-refractivity contribution is 0.183. The van der Waals surface area contributed by atoms with Crippen LogP contribution in [0.2, 0.25) is 0 Å². The first-order valence-corrected chi connectivity index (χ1v) is 8.83. The predicted octanol–water partition coefficient (Wildman–Crippen LogP) is 1.01. The maximum absolute atomic E-state index is 12.3. The van der Waals surface area contributed by atoms with E-state index in [0.717, 1.165) is 11.3 Å².